The number of benzene rings is 1. The van der Waals surface area contributed by atoms with Gasteiger partial charge in [-0.25, -0.2) is 8.78 Å². The molecule has 13 heavy (non-hydrogen) atoms. The van der Waals surface area contributed by atoms with Gasteiger partial charge in [0.2, 0.25) is 0 Å². The molecule has 0 fully saturated rings. The van der Waals surface area contributed by atoms with Gasteiger partial charge < -0.3 is 0 Å². The zero-order valence-electron chi connectivity index (χ0n) is 7.22. The largest absolute Gasteiger partial charge is 0.207 e. The van der Waals surface area contributed by atoms with Gasteiger partial charge in [0.25, 0.3) is 0 Å². The molecule has 0 aliphatic rings. The fourth-order valence-corrected chi connectivity index (χ4v) is 1.16. The van der Waals surface area contributed by atoms with Gasteiger partial charge in [-0.05, 0) is 12.5 Å². The van der Waals surface area contributed by atoms with Gasteiger partial charge in [0.15, 0.2) is 0 Å². The highest BCUT2D eigenvalue weighted by Gasteiger charge is 2.13. The van der Waals surface area contributed by atoms with Gasteiger partial charge in [-0.1, -0.05) is 13.0 Å². The summed E-state index contributed by atoms with van der Waals surface area (Å²) in [6.07, 6.45) is 0.527. The highest BCUT2D eigenvalue weighted by atomic mass is 19.1. The molecule has 0 heterocycles. The van der Waals surface area contributed by atoms with Crippen LogP contribution in [0.5, 0.6) is 0 Å². The molecule has 0 spiro atoms. The van der Waals surface area contributed by atoms with E-state index in [0.717, 1.165) is 6.07 Å². The Morgan fingerprint density at radius 2 is 2.15 bits per heavy atom. The third-order valence-corrected chi connectivity index (χ3v) is 1.90. The van der Waals surface area contributed by atoms with E-state index < -0.39 is 17.6 Å². The summed E-state index contributed by atoms with van der Waals surface area (Å²) >= 11 is 0. The van der Waals surface area contributed by atoms with Crippen molar-refractivity contribution in [2.24, 2.45) is 0 Å². The van der Waals surface area contributed by atoms with Gasteiger partial charge >= 0.3 is 0 Å². The molecule has 1 unspecified atom stereocenters. The molecular weight excluding hydrogens is 172 g/mol. The smallest absolute Gasteiger partial charge is 0.130 e. The molecule has 0 aliphatic carbocycles. The Balaban J connectivity index is 3.09. The van der Waals surface area contributed by atoms with E-state index in [1.807, 2.05) is 6.07 Å². The van der Waals surface area contributed by atoms with Crippen molar-refractivity contribution >= 4 is 0 Å². The van der Waals surface area contributed by atoms with Crippen molar-refractivity contribution < 1.29 is 8.78 Å². The third-order valence-electron chi connectivity index (χ3n) is 1.90. The molecule has 0 bridgehead atoms. The monoisotopic (exact) mass is 181 g/mol. The number of hydrogen-bond donors (Lipinski definition) is 0. The number of halogens is 2. The fourth-order valence-electron chi connectivity index (χ4n) is 1.16. The Morgan fingerprint density at radius 1 is 1.46 bits per heavy atom. The van der Waals surface area contributed by atoms with E-state index in [-0.39, 0.29) is 5.56 Å². The van der Waals surface area contributed by atoms with Crippen molar-refractivity contribution in [3.05, 3.63) is 35.4 Å². The Kier molecular flexibility index (Phi) is 2.97. The second-order valence-corrected chi connectivity index (χ2v) is 2.76. The molecule has 1 rings (SSSR count). The minimum absolute atomic E-state index is 0.270. The van der Waals surface area contributed by atoms with Crippen LogP contribution in [0.4, 0.5) is 8.78 Å². The normalized spacial score (nSPS) is 12.2. The van der Waals surface area contributed by atoms with Gasteiger partial charge in [-0.2, -0.15) is 5.26 Å². The minimum Gasteiger partial charge on any atom is -0.207 e. The van der Waals surface area contributed by atoms with Crippen LogP contribution >= 0.6 is 0 Å². The summed E-state index contributed by atoms with van der Waals surface area (Å²) in [5.74, 6) is -1.75. The minimum atomic E-state index is -0.645. The molecule has 1 aromatic carbocycles. The van der Waals surface area contributed by atoms with Crippen molar-refractivity contribution in [3.63, 3.8) is 0 Å². The summed E-state index contributed by atoms with van der Waals surface area (Å²) in [7, 11) is 0. The SMILES string of the molecule is CCC(C#N)c1ccc(F)cc1F. The van der Waals surface area contributed by atoms with E-state index in [9.17, 15) is 8.78 Å². The first-order chi connectivity index (χ1) is 6.19. The fraction of sp³-hybridized carbons (Fsp3) is 0.300. The molecule has 0 saturated heterocycles. The maximum absolute atomic E-state index is 13.1. The van der Waals surface area contributed by atoms with Gasteiger partial charge in [-0.15, -0.1) is 0 Å². The van der Waals surface area contributed by atoms with Gasteiger partial charge in [0.05, 0.1) is 12.0 Å². The van der Waals surface area contributed by atoms with Crippen molar-refractivity contribution in [1.29, 1.82) is 5.26 Å². The maximum atomic E-state index is 13.1. The molecule has 0 N–H and O–H groups in total. The number of nitriles is 1. The van der Waals surface area contributed by atoms with Crippen LogP contribution in [-0.4, -0.2) is 0 Å². The lowest BCUT2D eigenvalue weighted by atomic mass is 9.98. The third kappa shape index (κ3) is 2.03. The first-order valence-corrected chi connectivity index (χ1v) is 4.03. The molecule has 1 aromatic rings. The predicted octanol–water partition coefficient (Wildman–Crippen LogP) is 2.98. The van der Waals surface area contributed by atoms with E-state index in [0.29, 0.717) is 6.42 Å². The van der Waals surface area contributed by atoms with Crippen molar-refractivity contribution in [3.8, 4) is 6.07 Å². The zero-order chi connectivity index (χ0) is 9.84. The Bertz CT molecular complexity index is 341. The quantitative estimate of drug-likeness (QED) is 0.688. The molecule has 1 atom stereocenters. The Hall–Kier alpha value is -1.43. The highest BCUT2D eigenvalue weighted by molar-refractivity contribution is 5.26. The molecule has 3 heteroatoms. The van der Waals surface area contributed by atoms with E-state index in [4.69, 9.17) is 5.26 Å². The topological polar surface area (TPSA) is 23.8 Å². The van der Waals surface area contributed by atoms with E-state index in [2.05, 4.69) is 0 Å². The van der Waals surface area contributed by atoms with Crippen LogP contribution in [0.2, 0.25) is 0 Å². The predicted molar refractivity (Wildman–Crippen MR) is 45.0 cm³/mol. The zero-order valence-corrected chi connectivity index (χ0v) is 7.22. The Morgan fingerprint density at radius 3 is 2.62 bits per heavy atom. The first kappa shape index (κ1) is 9.66. The Labute approximate surface area is 75.6 Å². The molecule has 0 saturated carbocycles. The van der Waals surface area contributed by atoms with Gasteiger partial charge in [0.1, 0.15) is 11.6 Å². The molecule has 68 valence electrons. The number of rotatable bonds is 2. The van der Waals surface area contributed by atoms with Crippen LogP contribution in [0.15, 0.2) is 18.2 Å². The average molecular weight is 181 g/mol. The molecule has 0 radical (unpaired) electrons. The maximum Gasteiger partial charge on any atom is 0.130 e. The van der Waals surface area contributed by atoms with Crippen LogP contribution in [0.3, 0.4) is 0 Å². The lowest BCUT2D eigenvalue weighted by Crippen LogP contribution is -1.98. The van der Waals surface area contributed by atoms with Crippen LogP contribution in [0.25, 0.3) is 0 Å². The second kappa shape index (κ2) is 3.99. The van der Waals surface area contributed by atoms with Crippen molar-refractivity contribution in [2.45, 2.75) is 19.3 Å². The summed E-state index contributed by atoms with van der Waals surface area (Å²) in [6, 6.07) is 5.25. The summed E-state index contributed by atoms with van der Waals surface area (Å²) in [4.78, 5) is 0. The standard InChI is InChI=1S/C10H9F2N/c1-2-7(6-13)9-4-3-8(11)5-10(9)12/h3-5,7H,2H2,1H3. The number of hydrogen-bond acceptors (Lipinski definition) is 1. The molecule has 0 amide bonds. The lowest BCUT2D eigenvalue weighted by Gasteiger charge is -2.06. The van der Waals surface area contributed by atoms with E-state index >= 15 is 0 Å². The number of nitrogens with zero attached hydrogens (tertiary/aromatic N) is 1. The van der Waals surface area contributed by atoms with Crippen LogP contribution < -0.4 is 0 Å². The van der Waals surface area contributed by atoms with Gasteiger partial charge in [-0.3, -0.25) is 0 Å². The molecule has 0 aliphatic heterocycles. The summed E-state index contributed by atoms with van der Waals surface area (Å²) in [5, 5.41) is 8.66. The van der Waals surface area contributed by atoms with Crippen molar-refractivity contribution in [1.82, 2.24) is 0 Å². The van der Waals surface area contributed by atoms with Crippen LogP contribution in [0, 0.1) is 23.0 Å². The van der Waals surface area contributed by atoms with Crippen LogP contribution in [-0.2, 0) is 0 Å². The average Bonchev–Trinajstić information content (AvgIpc) is 2.10. The second-order valence-electron chi connectivity index (χ2n) is 2.76. The first-order valence-electron chi connectivity index (χ1n) is 4.03. The van der Waals surface area contributed by atoms with E-state index in [1.54, 1.807) is 6.92 Å². The molecule has 1 nitrogen and oxygen atoms in total. The van der Waals surface area contributed by atoms with Gasteiger partial charge in [0, 0.05) is 11.6 Å². The van der Waals surface area contributed by atoms with Crippen LogP contribution in [0.1, 0.15) is 24.8 Å². The summed E-state index contributed by atoms with van der Waals surface area (Å²) in [6.45, 7) is 1.79. The summed E-state index contributed by atoms with van der Waals surface area (Å²) < 4.78 is 25.6. The van der Waals surface area contributed by atoms with E-state index in [1.165, 1.54) is 12.1 Å². The molecular formula is C10H9F2N. The van der Waals surface area contributed by atoms with Crippen molar-refractivity contribution in [2.75, 3.05) is 0 Å². The summed E-state index contributed by atoms with van der Waals surface area (Å²) in [5.41, 5.74) is 0.270. The highest BCUT2D eigenvalue weighted by Crippen LogP contribution is 2.21. The molecule has 0 aromatic heterocycles. The lowest BCUT2D eigenvalue weighted by molar-refractivity contribution is 0.565.